The van der Waals surface area contributed by atoms with Crippen molar-refractivity contribution in [1.29, 1.82) is 0 Å². The standard InChI is InChI=1S/C8H5Cl2O/c9-7-3-6(1-2-11)4-8(10)5-7/h3-5H,1H2. The van der Waals surface area contributed by atoms with Crippen LogP contribution in [0.1, 0.15) is 5.56 Å². The molecule has 0 saturated carbocycles. The van der Waals surface area contributed by atoms with Crippen molar-refractivity contribution in [2.24, 2.45) is 0 Å². The molecule has 1 aromatic carbocycles. The lowest BCUT2D eigenvalue weighted by Gasteiger charge is -1.96. The Labute approximate surface area is 74.9 Å². The summed E-state index contributed by atoms with van der Waals surface area (Å²) in [5, 5.41) is 1.09. The van der Waals surface area contributed by atoms with Gasteiger partial charge in [0.25, 0.3) is 0 Å². The molecule has 0 bridgehead atoms. The Morgan fingerprint density at radius 1 is 1.18 bits per heavy atom. The molecule has 3 heteroatoms. The van der Waals surface area contributed by atoms with Crippen LogP contribution in [0.3, 0.4) is 0 Å². The Hall–Kier alpha value is -0.530. The molecule has 0 spiro atoms. The second-order valence-electron chi connectivity index (χ2n) is 2.10. The van der Waals surface area contributed by atoms with Crippen molar-refractivity contribution in [3.63, 3.8) is 0 Å². The highest BCUT2D eigenvalue weighted by Gasteiger charge is 1.96. The zero-order chi connectivity index (χ0) is 8.27. The lowest BCUT2D eigenvalue weighted by molar-refractivity contribution is 0.555. The average molecular weight is 188 g/mol. The summed E-state index contributed by atoms with van der Waals surface area (Å²) < 4.78 is 0. The molecule has 0 aliphatic carbocycles. The van der Waals surface area contributed by atoms with Gasteiger partial charge in [-0.15, -0.1) is 0 Å². The summed E-state index contributed by atoms with van der Waals surface area (Å²) in [6.07, 6.45) is 2.01. The summed E-state index contributed by atoms with van der Waals surface area (Å²) in [5.74, 6) is 0. The smallest absolute Gasteiger partial charge is 0.203 e. The fraction of sp³-hybridized carbons (Fsp3) is 0.125. The Balaban J connectivity index is 2.98. The monoisotopic (exact) mass is 187 g/mol. The predicted octanol–water partition coefficient (Wildman–Crippen LogP) is 2.65. The molecular weight excluding hydrogens is 183 g/mol. The summed E-state index contributed by atoms with van der Waals surface area (Å²) in [6, 6.07) is 5.01. The minimum atomic E-state index is 0.236. The van der Waals surface area contributed by atoms with Crippen molar-refractivity contribution in [2.45, 2.75) is 6.42 Å². The molecule has 11 heavy (non-hydrogen) atoms. The van der Waals surface area contributed by atoms with Gasteiger partial charge in [-0.3, -0.25) is 4.79 Å². The maximum atomic E-state index is 9.99. The number of halogens is 2. The van der Waals surface area contributed by atoms with Crippen LogP contribution in [0.5, 0.6) is 0 Å². The van der Waals surface area contributed by atoms with Gasteiger partial charge in [0, 0.05) is 16.5 Å². The summed E-state index contributed by atoms with van der Waals surface area (Å²) in [4.78, 5) is 9.99. The fourth-order valence-electron chi connectivity index (χ4n) is 0.796. The van der Waals surface area contributed by atoms with E-state index in [0.29, 0.717) is 10.0 Å². The van der Waals surface area contributed by atoms with Crippen LogP contribution in [-0.4, -0.2) is 6.29 Å². The topological polar surface area (TPSA) is 17.1 Å². The van der Waals surface area contributed by atoms with Gasteiger partial charge in [0.05, 0.1) is 0 Å². The third-order valence-electron chi connectivity index (χ3n) is 1.20. The van der Waals surface area contributed by atoms with Crippen LogP contribution in [0.4, 0.5) is 0 Å². The molecule has 0 unspecified atom stereocenters. The van der Waals surface area contributed by atoms with Crippen molar-refractivity contribution < 1.29 is 4.79 Å². The Morgan fingerprint density at radius 3 is 2.18 bits per heavy atom. The lowest BCUT2D eigenvalue weighted by Crippen LogP contribution is -1.84. The van der Waals surface area contributed by atoms with Crippen LogP contribution in [0.2, 0.25) is 10.0 Å². The average Bonchev–Trinajstić information content (AvgIpc) is 1.85. The summed E-state index contributed by atoms with van der Waals surface area (Å²) in [7, 11) is 0. The highest BCUT2D eigenvalue weighted by Crippen LogP contribution is 2.18. The molecule has 57 valence electrons. The van der Waals surface area contributed by atoms with E-state index in [1.807, 2.05) is 0 Å². The van der Waals surface area contributed by atoms with Gasteiger partial charge in [0.1, 0.15) is 0 Å². The molecule has 0 saturated heterocycles. The minimum Gasteiger partial charge on any atom is -0.291 e. The van der Waals surface area contributed by atoms with E-state index in [1.165, 1.54) is 0 Å². The Bertz CT molecular complexity index is 251. The summed E-state index contributed by atoms with van der Waals surface area (Å²) in [6.45, 7) is 0. The molecule has 0 N–H and O–H groups in total. The summed E-state index contributed by atoms with van der Waals surface area (Å²) in [5.41, 5.74) is 0.789. The van der Waals surface area contributed by atoms with E-state index in [1.54, 1.807) is 24.5 Å². The minimum absolute atomic E-state index is 0.236. The molecule has 0 aliphatic heterocycles. The molecule has 0 aliphatic rings. The first-order valence-corrected chi connectivity index (χ1v) is 3.78. The normalized spacial score (nSPS) is 9.64. The molecule has 0 amide bonds. The number of benzene rings is 1. The third-order valence-corrected chi connectivity index (χ3v) is 1.64. The molecule has 1 rings (SSSR count). The van der Waals surface area contributed by atoms with E-state index >= 15 is 0 Å². The lowest BCUT2D eigenvalue weighted by atomic mass is 10.2. The third kappa shape index (κ3) is 2.52. The second-order valence-corrected chi connectivity index (χ2v) is 2.97. The van der Waals surface area contributed by atoms with E-state index < -0.39 is 0 Å². The zero-order valence-electron chi connectivity index (χ0n) is 5.60. The number of rotatable bonds is 2. The van der Waals surface area contributed by atoms with E-state index in [-0.39, 0.29) is 6.42 Å². The van der Waals surface area contributed by atoms with Gasteiger partial charge < -0.3 is 0 Å². The van der Waals surface area contributed by atoms with Crippen LogP contribution in [0, 0.1) is 0 Å². The van der Waals surface area contributed by atoms with Gasteiger partial charge in [0.15, 0.2) is 0 Å². The van der Waals surface area contributed by atoms with Gasteiger partial charge in [-0.25, -0.2) is 0 Å². The highest BCUT2D eigenvalue weighted by molar-refractivity contribution is 6.34. The number of hydrogen-bond donors (Lipinski definition) is 0. The van der Waals surface area contributed by atoms with E-state index in [4.69, 9.17) is 23.2 Å². The first kappa shape index (κ1) is 8.57. The van der Waals surface area contributed by atoms with Crippen molar-refractivity contribution in [3.05, 3.63) is 33.8 Å². The SMILES string of the molecule is O=[C]Cc1cc(Cl)cc(Cl)c1. The molecular formula is C8H5Cl2O. The maximum absolute atomic E-state index is 9.99. The largest absolute Gasteiger partial charge is 0.291 e. The highest BCUT2D eigenvalue weighted by atomic mass is 35.5. The number of carbonyl (C=O) groups excluding carboxylic acids is 1. The van der Waals surface area contributed by atoms with Gasteiger partial charge in [0.2, 0.25) is 6.29 Å². The van der Waals surface area contributed by atoms with Crippen LogP contribution >= 0.6 is 23.2 Å². The van der Waals surface area contributed by atoms with Crippen molar-refractivity contribution in [3.8, 4) is 0 Å². The Kier molecular flexibility index (Phi) is 2.92. The van der Waals surface area contributed by atoms with E-state index in [0.717, 1.165) is 5.56 Å². The zero-order valence-corrected chi connectivity index (χ0v) is 7.12. The fourth-order valence-corrected chi connectivity index (χ4v) is 1.37. The molecule has 1 radical (unpaired) electrons. The van der Waals surface area contributed by atoms with Crippen LogP contribution < -0.4 is 0 Å². The van der Waals surface area contributed by atoms with Gasteiger partial charge in [-0.2, -0.15) is 0 Å². The molecule has 0 fully saturated rings. The van der Waals surface area contributed by atoms with E-state index in [9.17, 15) is 4.79 Å². The first-order valence-electron chi connectivity index (χ1n) is 3.02. The Morgan fingerprint density at radius 2 is 1.73 bits per heavy atom. The predicted molar refractivity (Wildman–Crippen MR) is 45.9 cm³/mol. The summed E-state index contributed by atoms with van der Waals surface area (Å²) >= 11 is 11.3. The van der Waals surface area contributed by atoms with Crippen molar-refractivity contribution >= 4 is 29.5 Å². The molecule has 0 aromatic heterocycles. The van der Waals surface area contributed by atoms with Crippen LogP contribution in [0.25, 0.3) is 0 Å². The number of hydrogen-bond acceptors (Lipinski definition) is 1. The van der Waals surface area contributed by atoms with Gasteiger partial charge in [-0.05, 0) is 23.8 Å². The quantitative estimate of drug-likeness (QED) is 0.697. The van der Waals surface area contributed by atoms with Crippen molar-refractivity contribution in [1.82, 2.24) is 0 Å². The van der Waals surface area contributed by atoms with E-state index in [2.05, 4.69) is 0 Å². The second kappa shape index (κ2) is 3.74. The van der Waals surface area contributed by atoms with Crippen LogP contribution in [-0.2, 0) is 11.2 Å². The molecule has 0 heterocycles. The molecule has 1 aromatic rings. The molecule has 0 atom stereocenters. The van der Waals surface area contributed by atoms with Gasteiger partial charge in [-0.1, -0.05) is 23.2 Å². The first-order chi connectivity index (χ1) is 5.22. The maximum Gasteiger partial charge on any atom is 0.203 e. The van der Waals surface area contributed by atoms with Gasteiger partial charge >= 0.3 is 0 Å². The van der Waals surface area contributed by atoms with Crippen molar-refractivity contribution in [2.75, 3.05) is 0 Å². The molecule has 1 nitrogen and oxygen atoms in total. The van der Waals surface area contributed by atoms with Crippen LogP contribution in [0.15, 0.2) is 18.2 Å².